The van der Waals surface area contributed by atoms with Gasteiger partial charge < -0.3 is 0 Å². The molecule has 0 aliphatic rings. The summed E-state index contributed by atoms with van der Waals surface area (Å²) in [7, 11) is 1.74. The molecule has 0 radical (unpaired) electrons. The smallest absolute Gasteiger partial charge is 0.171 e. The van der Waals surface area contributed by atoms with Gasteiger partial charge in [0.05, 0.1) is 10.7 Å². The minimum absolute atomic E-state index is 0.307. The Morgan fingerprint density at radius 3 is 2.50 bits per heavy atom. The van der Waals surface area contributed by atoms with Crippen LogP contribution in [0.3, 0.4) is 0 Å². The number of nitrogens with zero attached hydrogens (tertiary/aromatic N) is 2. The van der Waals surface area contributed by atoms with Crippen LogP contribution >= 0.6 is 11.6 Å². The standard InChI is InChI=1S/C6H7ClN2O/c1-4-6(7)5(3-10)8-9(4)2/h3H,1-2H3. The van der Waals surface area contributed by atoms with Crippen molar-refractivity contribution in [2.24, 2.45) is 7.05 Å². The molecule has 0 unspecified atom stereocenters. The van der Waals surface area contributed by atoms with Gasteiger partial charge in [-0.1, -0.05) is 11.6 Å². The molecule has 4 heteroatoms. The largest absolute Gasteiger partial charge is 0.296 e. The lowest BCUT2D eigenvalue weighted by Gasteiger charge is -1.89. The van der Waals surface area contributed by atoms with Crippen molar-refractivity contribution < 1.29 is 4.79 Å². The first-order valence-electron chi connectivity index (χ1n) is 2.81. The first kappa shape index (κ1) is 7.28. The van der Waals surface area contributed by atoms with Gasteiger partial charge in [-0.25, -0.2) is 0 Å². The summed E-state index contributed by atoms with van der Waals surface area (Å²) < 4.78 is 1.58. The van der Waals surface area contributed by atoms with E-state index in [0.29, 0.717) is 17.0 Å². The SMILES string of the molecule is Cc1c(Cl)c(C=O)nn1C. The van der Waals surface area contributed by atoms with E-state index in [-0.39, 0.29) is 0 Å². The van der Waals surface area contributed by atoms with Gasteiger partial charge in [0.15, 0.2) is 6.29 Å². The molecule has 0 N–H and O–H groups in total. The Bertz CT molecular complexity index is 267. The van der Waals surface area contributed by atoms with Gasteiger partial charge in [0.2, 0.25) is 0 Å². The van der Waals surface area contributed by atoms with E-state index in [1.165, 1.54) is 0 Å². The van der Waals surface area contributed by atoms with E-state index in [4.69, 9.17) is 11.6 Å². The van der Waals surface area contributed by atoms with E-state index in [2.05, 4.69) is 5.10 Å². The van der Waals surface area contributed by atoms with Crippen molar-refractivity contribution in [3.8, 4) is 0 Å². The van der Waals surface area contributed by atoms with Crippen molar-refractivity contribution in [3.63, 3.8) is 0 Å². The molecule has 0 amide bonds. The summed E-state index contributed by atoms with van der Waals surface area (Å²) in [5, 5.41) is 4.29. The third-order valence-corrected chi connectivity index (χ3v) is 1.86. The molecular weight excluding hydrogens is 152 g/mol. The summed E-state index contributed by atoms with van der Waals surface area (Å²) >= 11 is 5.70. The first-order valence-corrected chi connectivity index (χ1v) is 3.19. The lowest BCUT2D eigenvalue weighted by Crippen LogP contribution is -1.92. The summed E-state index contributed by atoms with van der Waals surface area (Å²) in [6.07, 6.45) is 0.648. The Morgan fingerprint density at radius 2 is 2.30 bits per heavy atom. The van der Waals surface area contributed by atoms with Crippen LogP contribution in [0.15, 0.2) is 0 Å². The molecule has 0 bridgehead atoms. The van der Waals surface area contributed by atoms with Gasteiger partial charge >= 0.3 is 0 Å². The van der Waals surface area contributed by atoms with Crippen molar-refractivity contribution in [2.45, 2.75) is 6.92 Å². The predicted molar refractivity (Wildman–Crippen MR) is 38.3 cm³/mol. The van der Waals surface area contributed by atoms with Crippen LogP contribution in [0, 0.1) is 6.92 Å². The molecule has 0 spiro atoms. The minimum atomic E-state index is 0.307. The molecule has 1 heterocycles. The zero-order chi connectivity index (χ0) is 7.72. The van der Waals surface area contributed by atoms with Crippen LogP contribution in [0.4, 0.5) is 0 Å². The molecule has 3 nitrogen and oxygen atoms in total. The maximum atomic E-state index is 10.2. The van der Waals surface area contributed by atoms with E-state index < -0.39 is 0 Å². The van der Waals surface area contributed by atoms with E-state index in [0.717, 1.165) is 5.69 Å². The quantitative estimate of drug-likeness (QED) is 0.576. The number of carbonyl (C=O) groups excluding carboxylic acids is 1. The highest BCUT2D eigenvalue weighted by Crippen LogP contribution is 2.16. The number of hydrogen-bond acceptors (Lipinski definition) is 2. The Kier molecular flexibility index (Phi) is 1.76. The number of aldehydes is 1. The van der Waals surface area contributed by atoms with Crippen LogP contribution in [0.25, 0.3) is 0 Å². The Morgan fingerprint density at radius 1 is 1.70 bits per heavy atom. The van der Waals surface area contributed by atoms with Gasteiger partial charge in [0.1, 0.15) is 5.69 Å². The van der Waals surface area contributed by atoms with Gasteiger partial charge in [0, 0.05) is 7.05 Å². The summed E-state index contributed by atoms with van der Waals surface area (Å²) in [4.78, 5) is 10.2. The molecule has 0 saturated heterocycles. The molecule has 10 heavy (non-hydrogen) atoms. The van der Waals surface area contributed by atoms with Crippen molar-refractivity contribution in [2.75, 3.05) is 0 Å². The zero-order valence-corrected chi connectivity index (χ0v) is 6.51. The molecule has 0 atom stereocenters. The first-order chi connectivity index (χ1) is 4.66. The number of rotatable bonds is 1. The molecule has 1 rings (SSSR count). The second kappa shape index (κ2) is 2.42. The highest BCUT2D eigenvalue weighted by Gasteiger charge is 2.07. The summed E-state index contributed by atoms with van der Waals surface area (Å²) in [6.45, 7) is 1.81. The fourth-order valence-corrected chi connectivity index (χ4v) is 0.888. The number of aromatic nitrogens is 2. The van der Waals surface area contributed by atoms with Gasteiger partial charge in [-0.15, -0.1) is 0 Å². The highest BCUT2D eigenvalue weighted by atomic mass is 35.5. The normalized spacial score (nSPS) is 9.90. The van der Waals surface area contributed by atoms with Gasteiger partial charge in [-0.2, -0.15) is 5.10 Å². The van der Waals surface area contributed by atoms with Gasteiger partial charge in [0.25, 0.3) is 0 Å². The Labute approximate surface area is 63.6 Å². The van der Waals surface area contributed by atoms with Crippen LogP contribution in [-0.4, -0.2) is 16.1 Å². The molecular formula is C6H7ClN2O. The fraction of sp³-hybridized carbons (Fsp3) is 0.333. The molecule has 0 aliphatic carbocycles. The van der Waals surface area contributed by atoms with E-state index in [1.807, 2.05) is 6.92 Å². The van der Waals surface area contributed by atoms with Crippen LogP contribution in [-0.2, 0) is 7.05 Å². The van der Waals surface area contributed by atoms with E-state index >= 15 is 0 Å². The van der Waals surface area contributed by atoms with Crippen molar-refractivity contribution in [3.05, 3.63) is 16.4 Å². The zero-order valence-electron chi connectivity index (χ0n) is 5.76. The molecule has 54 valence electrons. The molecule has 1 aromatic rings. The average Bonchev–Trinajstić information content (AvgIpc) is 2.17. The molecule has 0 aromatic carbocycles. The maximum absolute atomic E-state index is 10.2. The predicted octanol–water partition coefficient (Wildman–Crippen LogP) is 1.19. The molecule has 0 fully saturated rings. The maximum Gasteiger partial charge on any atom is 0.171 e. The molecule has 0 saturated carbocycles. The van der Waals surface area contributed by atoms with Crippen molar-refractivity contribution in [1.29, 1.82) is 0 Å². The number of aryl methyl sites for hydroxylation is 1. The van der Waals surface area contributed by atoms with Crippen molar-refractivity contribution in [1.82, 2.24) is 9.78 Å². The number of halogens is 1. The fourth-order valence-electron chi connectivity index (χ4n) is 0.683. The summed E-state index contributed by atoms with van der Waals surface area (Å²) in [5.41, 5.74) is 1.12. The second-order valence-electron chi connectivity index (χ2n) is 2.03. The third-order valence-electron chi connectivity index (χ3n) is 1.40. The second-order valence-corrected chi connectivity index (χ2v) is 2.40. The highest BCUT2D eigenvalue weighted by molar-refractivity contribution is 6.33. The van der Waals surface area contributed by atoms with Crippen molar-refractivity contribution >= 4 is 17.9 Å². The van der Waals surface area contributed by atoms with Gasteiger partial charge in [-0.3, -0.25) is 9.48 Å². The Balaban J connectivity index is 3.30. The minimum Gasteiger partial charge on any atom is -0.296 e. The van der Waals surface area contributed by atoms with E-state index in [9.17, 15) is 4.79 Å². The monoisotopic (exact) mass is 158 g/mol. The number of hydrogen-bond donors (Lipinski definition) is 0. The van der Waals surface area contributed by atoms with E-state index in [1.54, 1.807) is 11.7 Å². The molecule has 0 aliphatic heterocycles. The van der Waals surface area contributed by atoms with Gasteiger partial charge in [-0.05, 0) is 6.92 Å². The average molecular weight is 159 g/mol. The topological polar surface area (TPSA) is 34.9 Å². The van der Waals surface area contributed by atoms with Crippen LogP contribution in [0.2, 0.25) is 5.02 Å². The number of carbonyl (C=O) groups is 1. The van der Waals surface area contributed by atoms with Crippen LogP contribution in [0.5, 0.6) is 0 Å². The van der Waals surface area contributed by atoms with Crippen LogP contribution in [0.1, 0.15) is 16.2 Å². The lowest BCUT2D eigenvalue weighted by atomic mass is 10.4. The summed E-state index contributed by atoms with van der Waals surface area (Å²) in [6, 6.07) is 0. The summed E-state index contributed by atoms with van der Waals surface area (Å²) in [5.74, 6) is 0. The lowest BCUT2D eigenvalue weighted by molar-refractivity contribution is 0.111. The molecule has 1 aromatic heterocycles. The third kappa shape index (κ3) is 0.926. The van der Waals surface area contributed by atoms with Crippen LogP contribution < -0.4 is 0 Å². The Hall–Kier alpha value is -0.830.